The molecule has 0 radical (unpaired) electrons. The molecule has 0 aliphatic rings. The highest BCUT2D eigenvalue weighted by atomic mass is 19.1. The smallest absolute Gasteiger partial charge is 0.126 e. The Morgan fingerprint density at radius 3 is 1.40 bits per heavy atom. The van der Waals surface area contributed by atoms with E-state index in [2.05, 4.69) is 0 Å². The van der Waals surface area contributed by atoms with Crippen molar-refractivity contribution < 1.29 is 8.78 Å². The van der Waals surface area contributed by atoms with Crippen LogP contribution in [0.2, 0.25) is 0 Å². The number of benzene rings is 2. The largest absolute Gasteiger partial charge is 0.322 e. The summed E-state index contributed by atoms with van der Waals surface area (Å²) in [5.41, 5.74) is 14.4. The van der Waals surface area contributed by atoms with Crippen LogP contribution in [-0.2, 0) is 0 Å². The van der Waals surface area contributed by atoms with Gasteiger partial charge in [-0.2, -0.15) is 0 Å². The van der Waals surface area contributed by atoms with E-state index in [-0.39, 0.29) is 11.6 Å². The molecule has 0 aliphatic heterocycles. The minimum Gasteiger partial charge on any atom is -0.322 e. The monoisotopic (exact) mass is 276 g/mol. The highest BCUT2D eigenvalue weighted by molar-refractivity contribution is 5.31. The molecule has 2 nitrogen and oxygen atoms in total. The van der Waals surface area contributed by atoms with E-state index < -0.39 is 12.1 Å². The molecule has 0 spiro atoms. The summed E-state index contributed by atoms with van der Waals surface area (Å²) in [6.45, 7) is 3.36. The second-order valence-corrected chi connectivity index (χ2v) is 5.07. The first kappa shape index (κ1) is 14.6. The quantitative estimate of drug-likeness (QED) is 0.904. The fraction of sp³-hybridized carbons (Fsp3) is 0.250. The van der Waals surface area contributed by atoms with Crippen molar-refractivity contribution >= 4 is 0 Å². The van der Waals surface area contributed by atoms with Gasteiger partial charge in [0.15, 0.2) is 0 Å². The molecule has 0 amide bonds. The number of hydrogen-bond acceptors (Lipinski definition) is 2. The molecule has 4 heteroatoms. The van der Waals surface area contributed by atoms with Crippen LogP contribution in [0.4, 0.5) is 8.78 Å². The maximum atomic E-state index is 13.6. The van der Waals surface area contributed by atoms with Gasteiger partial charge in [0, 0.05) is 12.1 Å². The minimum atomic E-state index is -0.591. The van der Waals surface area contributed by atoms with Gasteiger partial charge in [-0.25, -0.2) is 8.78 Å². The third-order valence-corrected chi connectivity index (χ3v) is 3.55. The van der Waals surface area contributed by atoms with E-state index >= 15 is 0 Å². The van der Waals surface area contributed by atoms with Crippen molar-refractivity contribution in [3.8, 4) is 0 Å². The van der Waals surface area contributed by atoms with Gasteiger partial charge in [0.25, 0.3) is 0 Å². The van der Waals surface area contributed by atoms with Crippen LogP contribution in [0.15, 0.2) is 36.4 Å². The molecule has 106 valence electrons. The molecule has 0 bridgehead atoms. The Balaban J connectivity index is 2.29. The summed E-state index contributed by atoms with van der Waals surface area (Å²) in [6, 6.07) is 8.38. The van der Waals surface area contributed by atoms with Gasteiger partial charge in [0.05, 0.1) is 0 Å². The standard InChI is InChI=1S/C16H18F2N2/c1-9-3-5-11(7-13(9)17)15(19)16(20)12-6-4-10(2)14(18)8-12/h3-8,15-16H,19-20H2,1-2H3. The lowest BCUT2D eigenvalue weighted by molar-refractivity contribution is 0.554. The molecule has 0 saturated heterocycles. The molecule has 2 aromatic rings. The van der Waals surface area contributed by atoms with Crippen LogP contribution in [0.3, 0.4) is 0 Å². The van der Waals surface area contributed by atoms with E-state index in [9.17, 15) is 8.78 Å². The fourth-order valence-electron chi connectivity index (χ4n) is 2.05. The van der Waals surface area contributed by atoms with Crippen molar-refractivity contribution in [1.29, 1.82) is 0 Å². The van der Waals surface area contributed by atoms with Crippen LogP contribution in [-0.4, -0.2) is 0 Å². The van der Waals surface area contributed by atoms with Gasteiger partial charge in [0.2, 0.25) is 0 Å². The lowest BCUT2D eigenvalue weighted by Gasteiger charge is -2.21. The van der Waals surface area contributed by atoms with E-state index in [0.717, 1.165) is 0 Å². The first-order valence-electron chi connectivity index (χ1n) is 6.43. The molecule has 20 heavy (non-hydrogen) atoms. The highest BCUT2D eigenvalue weighted by Gasteiger charge is 2.19. The zero-order chi connectivity index (χ0) is 14.9. The number of nitrogens with two attached hydrogens (primary N) is 2. The molecule has 0 heterocycles. The topological polar surface area (TPSA) is 52.0 Å². The summed E-state index contributed by atoms with van der Waals surface area (Å²) in [7, 11) is 0. The van der Waals surface area contributed by atoms with E-state index in [0.29, 0.717) is 22.3 Å². The van der Waals surface area contributed by atoms with Crippen LogP contribution >= 0.6 is 0 Å². The Morgan fingerprint density at radius 1 is 0.750 bits per heavy atom. The van der Waals surface area contributed by atoms with Gasteiger partial charge in [-0.1, -0.05) is 24.3 Å². The molecule has 2 atom stereocenters. The fourth-order valence-corrected chi connectivity index (χ4v) is 2.05. The molecule has 0 aromatic heterocycles. The molecule has 2 rings (SSSR count). The number of rotatable bonds is 3. The van der Waals surface area contributed by atoms with E-state index in [1.165, 1.54) is 12.1 Å². The Labute approximate surface area is 117 Å². The Bertz CT molecular complexity index is 570. The van der Waals surface area contributed by atoms with Gasteiger partial charge in [-0.3, -0.25) is 0 Å². The summed E-state index contributed by atoms with van der Waals surface area (Å²) in [5.74, 6) is -0.638. The zero-order valence-electron chi connectivity index (χ0n) is 11.5. The van der Waals surface area contributed by atoms with Gasteiger partial charge in [-0.05, 0) is 48.2 Å². The van der Waals surface area contributed by atoms with Crippen LogP contribution in [0, 0.1) is 25.5 Å². The average Bonchev–Trinajstić information content (AvgIpc) is 2.43. The molecule has 2 aromatic carbocycles. The molecule has 2 unspecified atom stereocenters. The highest BCUT2D eigenvalue weighted by Crippen LogP contribution is 2.26. The van der Waals surface area contributed by atoms with Gasteiger partial charge in [-0.15, -0.1) is 0 Å². The molecule has 0 aliphatic carbocycles. The second kappa shape index (κ2) is 5.69. The number of aryl methyl sites for hydroxylation is 2. The molecule has 0 fully saturated rings. The molecule has 0 saturated carbocycles. The Hall–Kier alpha value is -1.78. The maximum absolute atomic E-state index is 13.6. The maximum Gasteiger partial charge on any atom is 0.126 e. The Kier molecular flexibility index (Phi) is 4.16. The second-order valence-electron chi connectivity index (χ2n) is 5.07. The van der Waals surface area contributed by atoms with Crippen molar-refractivity contribution in [3.05, 3.63) is 70.3 Å². The minimum absolute atomic E-state index is 0.319. The van der Waals surface area contributed by atoms with Gasteiger partial charge in [0.1, 0.15) is 11.6 Å². The molecular weight excluding hydrogens is 258 g/mol. The first-order chi connectivity index (χ1) is 9.40. The van der Waals surface area contributed by atoms with Crippen molar-refractivity contribution in [1.82, 2.24) is 0 Å². The normalized spacial score (nSPS) is 14.1. The zero-order valence-corrected chi connectivity index (χ0v) is 11.5. The molecular formula is C16H18F2N2. The van der Waals surface area contributed by atoms with Crippen molar-refractivity contribution in [2.45, 2.75) is 25.9 Å². The van der Waals surface area contributed by atoms with E-state index in [1.807, 2.05) is 0 Å². The van der Waals surface area contributed by atoms with Crippen LogP contribution in [0.1, 0.15) is 34.3 Å². The van der Waals surface area contributed by atoms with Crippen molar-refractivity contribution in [3.63, 3.8) is 0 Å². The first-order valence-corrected chi connectivity index (χ1v) is 6.43. The third-order valence-electron chi connectivity index (χ3n) is 3.55. The lowest BCUT2D eigenvalue weighted by Crippen LogP contribution is -2.26. The van der Waals surface area contributed by atoms with Crippen molar-refractivity contribution in [2.75, 3.05) is 0 Å². The summed E-state index contributed by atoms with van der Waals surface area (Å²) < 4.78 is 27.1. The SMILES string of the molecule is Cc1ccc(C(N)C(N)c2ccc(C)c(F)c2)cc1F. The van der Waals surface area contributed by atoms with Crippen LogP contribution < -0.4 is 11.5 Å². The summed E-state index contributed by atoms with van der Waals surface area (Å²) >= 11 is 0. The predicted molar refractivity (Wildman–Crippen MR) is 76.1 cm³/mol. The van der Waals surface area contributed by atoms with Crippen LogP contribution in [0.25, 0.3) is 0 Å². The van der Waals surface area contributed by atoms with Gasteiger partial charge < -0.3 is 11.5 Å². The summed E-state index contributed by atoms with van der Waals surface area (Å²) in [4.78, 5) is 0. The number of hydrogen-bond donors (Lipinski definition) is 2. The van der Waals surface area contributed by atoms with Crippen LogP contribution in [0.5, 0.6) is 0 Å². The summed E-state index contributed by atoms with van der Waals surface area (Å²) in [6.07, 6.45) is 0. The molecule has 4 N–H and O–H groups in total. The Morgan fingerprint density at radius 2 is 1.10 bits per heavy atom. The van der Waals surface area contributed by atoms with Gasteiger partial charge >= 0.3 is 0 Å². The van der Waals surface area contributed by atoms with E-state index in [4.69, 9.17) is 11.5 Å². The van der Waals surface area contributed by atoms with E-state index in [1.54, 1.807) is 38.1 Å². The lowest BCUT2D eigenvalue weighted by atomic mass is 9.93. The number of halogens is 2. The third kappa shape index (κ3) is 2.86. The predicted octanol–water partition coefficient (Wildman–Crippen LogP) is 3.28. The summed E-state index contributed by atoms with van der Waals surface area (Å²) in [5, 5.41) is 0. The van der Waals surface area contributed by atoms with Crippen molar-refractivity contribution in [2.24, 2.45) is 11.5 Å². The average molecular weight is 276 g/mol.